The summed E-state index contributed by atoms with van der Waals surface area (Å²) in [5.74, 6) is 0.618. The van der Waals surface area contributed by atoms with Gasteiger partial charge in [-0.2, -0.15) is 0 Å². The summed E-state index contributed by atoms with van der Waals surface area (Å²) >= 11 is 0. The fourth-order valence-corrected chi connectivity index (χ4v) is 2.03. The Morgan fingerprint density at radius 1 is 1.67 bits per heavy atom. The summed E-state index contributed by atoms with van der Waals surface area (Å²) in [6, 6.07) is 0. The van der Waals surface area contributed by atoms with E-state index in [1.165, 1.54) is 13.1 Å². The molecule has 1 rings (SSSR count). The number of rotatable bonds is 5. The number of sulfonamides is 1. The SMILES string of the molecule is CCc1ncc(S(=O)(=O)NC[C@@H](C)O)[nH]1. The molecule has 3 N–H and O–H groups in total. The van der Waals surface area contributed by atoms with E-state index in [1.807, 2.05) is 6.92 Å². The molecule has 0 radical (unpaired) electrons. The van der Waals surface area contributed by atoms with Gasteiger partial charge < -0.3 is 10.1 Å². The highest BCUT2D eigenvalue weighted by Gasteiger charge is 2.16. The van der Waals surface area contributed by atoms with Crippen LogP contribution < -0.4 is 4.72 Å². The predicted octanol–water partition coefficient (Wildman–Crippen LogP) is -0.369. The molecule has 15 heavy (non-hydrogen) atoms. The molecular weight excluding hydrogens is 218 g/mol. The third-order valence-corrected chi connectivity index (χ3v) is 3.13. The monoisotopic (exact) mass is 233 g/mol. The first-order valence-corrected chi connectivity index (χ1v) is 6.15. The van der Waals surface area contributed by atoms with Crippen molar-refractivity contribution in [2.45, 2.75) is 31.4 Å². The number of nitrogens with one attached hydrogen (secondary N) is 2. The lowest BCUT2D eigenvalue weighted by Crippen LogP contribution is -2.30. The first-order chi connectivity index (χ1) is 6.95. The van der Waals surface area contributed by atoms with Crippen LogP contribution in [0.25, 0.3) is 0 Å². The Kier molecular flexibility index (Phi) is 3.83. The van der Waals surface area contributed by atoms with E-state index in [2.05, 4.69) is 14.7 Å². The molecule has 0 saturated carbocycles. The second-order valence-corrected chi connectivity index (χ2v) is 4.98. The van der Waals surface area contributed by atoms with E-state index < -0.39 is 16.1 Å². The second-order valence-electron chi connectivity index (χ2n) is 3.25. The van der Waals surface area contributed by atoms with Crippen LogP contribution in [-0.4, -0.2) is 36.1 Å². The van der Waals surface area contributed by atoms with Gasteiger partial charge in [-0.3, -0.25) is 0 Å². The fourth-order valence-electron chi connectivity index (χ4n) is 0.968. The van der Waals surface area contributed by atoms with Crippen LogP contribution in [0.3, 0.4) is 0 Å². The summed E-state index contributed by atoms with van der Waals surface area (Å²) in [6.45, 7) is 3.37. The minimum Gasteiger partial charge on any atom is -0.392 e. The lowest BCUT2D eigenvalue weighted by molar-refractivity contribution is 0.198. The van der Waals surface area contributed by atoms with Crippen molar-refractivity contribution in [3.63, 3.8) is 0 Å². The van der Waals surface area contributed by atoms with Gasteiger partial charge in [-0.25, -0.2) is 18.1 Å². The fraction of sp³-hybridized carbons (Fsp3) is 0.625. The number of hydrogen-bond donors (Lipinski definition) is 3. The average Bonchev–Trinajstić information content (AvgIpc) is 2.63. The lowest BCUT2D eigenvalue weighted by atomic mass is 10.4. The van der Waals surface area contributed by atoms with Crippen LogP contribution in [0.4, 0.5) is 0 Å². The smallest absolute Gasteiger partial charge is 0.257 e. The maximum absolute atomic E-state index is 11.6. The zero-order valence-electron chi connectivity index (χ0n) is 8.69. The number of aliphatic hydroxyl groups excluding tert-OH is 1. The van der Waals surface area contributed by atoms with Crippen molar-refractivity contribution in [1.29, 1.82) is 0 Å². The van der Waals surface area contributed by atoms with E-state index in [-0.39, 0.29) is 11.6 Å². The van der Waals surface area contributed by atoms with Gasteiger partial charge in [-0.05, 0) is 6.92 Å². The lowest BCUT2D eigenvalue weighted by Gasteiger charge is -2.05. The third-order valence-electron chi connectivity index (χ3n) is 1.80. The van der Waals surface area contributed by atoms with Crippen LogP contribution in [0, 0.1) is 0 Å². The molecule has 1 aromatic heterocycles. The van der Waals surface area contributed by atoms with Crippen LogP contribution in [0.5, 0.6) is 0 Å². The number of imidazole rings is 1. The second kappa shape index (κ2) is 4.73. The molecule has 0 fully saturated rings. The maximum Gasteiger partial charge on any atom is 0.257 e. The summed E-state index contributed by atoms with van der Waals surface area (Å²) in [6.07, 6.45) is 1.20. The summed E-state index contributed by atoms with van der Waals surface area (Å²) in [4.78, 5) is 6.57. The summed E-state index contributed by atoms with van der Waals surface area (Å²) < 4.78 is 25.4. The largest absolute Gasteiger partial charge is 0.392 e. The van der Waals surface area contributed by atoms with E-state index in [0.29, 0.717) is 12.2 Å². The number of aryl methyl sites for hydroxylation is 1. The minimum absolute atomic E-state index is 0.0111. The van der Waals surface area contributed by atoms with Gasteiger partial charge in [-0.1, -0.05) is 6.92 Å². The summed E-state index contributed by atoms with van der Waals surface area (Å²) in [7, 11) is -3.57. The molecule has 86 valence electrons. The topological polar surface area (TPSA) is 95.1 Å². The molecule has 0 unspecified atom stereocenters. The molecule has 1 heterocycles. The number of nitrogens with zero attached hydrogens (tertiary/aromatic N) is 1. The van der Waals surface area contributed by atoms with Gasteiger partial charge in [0.1, 0.15) is 5.82 Å². The number of aliphatic hydroxyl groups is 1. The molecule has 0 aliphatic heterocycles. The number of H-pyrrole nitrogens is 1. The molecule has 1 atom stereocenters. The highest BCUT2D eigenvalue weighted by Crippen LogP contribution is 2.05. The number of aromatic nitrogens is 2. The van der Waals surface area contributed by atoms with Crippen LogP contribution in [0.1, 0.15) is 19.7 Å². The molecule has 0 spiro atoms. The van der Waals surface area contributed by atoms with E-state index in [1.54, 1.807) is 0 Å². The molecule has 1 aromatic rings. The first kappa shape index (κ1) is 12.2. The normalized spacial score (nSPS) is 14.1. The third kappa shape index (κ3) is 3.29. The van der Waals surface area contributed by atoms with Crippen molar-refractivity contribution in [2.75, 3.05) is 6.54 Å². The van der Waals surface area contributed by atoms with Crippen LogP contribution in [0.2, 0.25) is 0 Å². The van der Waals surface area contributed by atoms with Crippen molar-refractivity contribution in [3.05, 3.63) is 12.0 Å². The van der Waals surface area contributed by atoms with Crippen LogP contribution in [-0.2, 0) is 16.4 Å². The van der Waals surface area contributed by atoms with Gasteiger partial charge in [0.15, 0.2) is 5.03 Å². The Morgan fingerprint density at radius 2 is 2.33 bits per heavy atom. The Hall–Kier alpha value is -0.920. The van der Waals surface area contributed by atoms with Gasteiger partial charge >= 0.3 is 0 Å². The zero-order valence-corrected chi connectivity index (χ0v) is 9.50. The van der Waals surface area contributed by atoms with Gasteiger partial charge in [0, 0.05) is 13.0 Å². The Balaban J connectivity index is 2.77. The molecule has 0 aromatic carbocycles. The standard InChI is InChI=1S/C8H15N3O3S/c1-3-7-9-5-8(11-7)15(13,14)10-4-6(2)12/h5-6,10,12H,3-4H2,1-2H3,(H,9,11)/t6-/m1/s1. The molecule has 0 saturated heterocycles. The summed E-state index contributed by atoms with van der Waals surface area (Å²) in [5.41, 5.74) is 0. The first-order valence-electron chi connectivity index (χ1n) is 4.67. The van der Waals surface area contributed by atoms with Crippen LogP contribution in [0.15, 0.2) is 11.2 Å². The van der Waals surface area contributed by atoms with Gasteiger partial charge in [-0.15, -0.1) is 0 Å². The highest BCUT2D eigenvalue weighted by atomic mass is 32.2. The Bertz CT molecular complexity index is 411. The Morgan fingerprint density at radius 3 is 2.80 bits per heavy atom. The van der Waals surface area contributed by atoms with E-state index in [9.17, 15) is 8.42 Å². The van der Waals surface area contributed by atoms with Crippen molar-refractivity contribution >= 4 is 10.0 Å². The number of hydrogen-bond acceptors (Lipinski definition) is 4. The Labute approximate surface area is 88.8 Å². The maximum atomic E-state index is 11.6. The van der Waals surface area contributed by atoms with Gasteiger partial charge in [0.25, 0.3) is 10.0 Å². The summed E-state index contributed by atoms with van der Waals surface area (Å²) in [5, 5.41) is 8.99. The molecule has 7 heteroatoms. The van der Waals surface area contributed by atoms with E-state index in [0.717, 1.165) is 0 Å². The molecule has 0 aliphatic carbocycles. The highest BCUT2D eigenvalue weighted by molar-refractivity contribution is 7.89. The molecular formula is C8H15N3O3S. The predicted molar refractivity (Wildman–Crippen MR) is 54.8 cm³/mol. The quantitative estimate of drug-likeness (QED) is 0.646. The number of aromatic amines is 1. The molecule has 6 nitrogen and oxygen atoms in total. The molecule has 0 amide bonds. The van der Waals surface area contributed by atoms with Crippen molar-refractivity contribution in [3.8, 4) is 0 Å². The molecule has 0 aliphatic rings. The molecule has 0 bridgehead atoms. The minimum atomic E-state index is -3.57. The average molecular weight is 233 g/mol. The van der Waals surface area contributed by atoms with Crippen LogP contribution >= 0.6 is 0 Å². The zero-order chi connectivity index (χ0) is 11.5. The van der Waals surface area contributed by atoms with E-state index >= 15 is 0 Å². The van der Waals surface area contributed by atoms with Crippen molar-refractivity contribution in [2.24, 2.45) is 0 Å². The van der Waals surface area contributed by atoms with Gasteiger partial charge in [0.05, 0.1) is 12.3 Å². The van der Waals surface area contributed by atoms with Crippen molar-refractivity contribution < 1.29 is 13.5 Å². The van der Waals surface area contributed by atoms with Gasteiger partial charge in [0.2, 0.25) is 0 Å². The van der Waals surface area contributed by atoms with Crippen molar-refractivity contribution in [1.82, 2.24) is 14.7 Å². The van der Waals surface area contributed by atoms with E-state index in [4.69, 9.17) is 5.11 Å².